The molecular weight excluding hydrogens is 338 g/mol. The zero-order valence-corrected chi connectivity index (χ0v) is 15.4. The van der Waals surface area contributed by atoms with Crippen LogP contribution in [-0.4, -0.2) is 60.1 Å². The Balaban J connectivity index is 1.71. The Kier molecular flexibility index (Phi) is 5.61. The normalized spacial score (nSPS) is 18.0. The molecule has 0 saturated carbocycles. The standard InChI is InChI=1S/C18H24F2N6/c1-24(2)17-6-7-22-18(23-17)25(3)13-5-4-8-26(11-13)12-14-15(19)9-21-10-16(14)20/h6-7,9-10,13H,4-5,8,11-12H2,1-3H3. The first kappa shape index (κ1) is 18.4. The third-order valence-corrected chi connectivity index (χ3v) is 4.76. The van der Waals surface area contributed by atoms with Crippen molar-refractivity contribution >= 4 is 11.8 Å². The summed E-state index contributed by atoms with van der Waals surface area (Å²) in [7, 11) is 5.84. The van der Waals surface area contributed by atoms with E-state index in [1.54, 1.807) is 6.20 Å². The summed E-state index contributed by atoms with van der Waals surface area (Å²) in [6.45, 7) is 1.75. The zero-order valence-electron chi connectivity index (χ0n) is 15.4. The lowest BCUT2D eigenvalue weighted by molar-refractivity contribution is 0.193. The summed E-state index contributed by atoms with van der Waals surface area (Å²) in [5.41, 5.74) is 0.0779. The van der Waals surface area contributed by atoms with Gasteiger partial charge >= 0.3 is 0 Å². The zero-order chi connectivity index (χ0) is 18.7. The van der Waals surface area contributed by atoms with Crippen LogP contribution in [0.25, 0.3) is 0 Å². The number of hydrogen-bond donors (Lipinski definition) is 0. The molecule has 0 radical (unpaired) electrons. The van der Waals surface area contributed by atoms with Crippen molar-refractivity contribution in [3.63, 3.8) is 0 Å². The van der Waals surface area contributed by atoms with E-state index in [0.29, 0.717) is 12.5 Å². The summed E-state index contributed by atoms with van der Waals surface area (Å²) in [5.74, 6) is 0.310. The van der Waals surface area contributed by atoms with Gasteiger partial charge in [-0.2, -0.15) is 4.98 Å². The van der Waals surface area contributed by atoms with Crippen LogP contribution in [-0.2, 0) is 6.54 Å². The van der Waals surface area contributed by atoms with Gasteiger partial charge in [0.05, 0.1) is 12.4 Å². The average Bonchev–Trinajstić information content (AvgIpc) is 2.64. The summed E-state index contributed by atoms with van der Waals surface area (Å²) in [5, 5.41) is 0. The van der Waals surface area contributed by atoms with Crippen LogP contribution in [0.2, 0.25) is 0 Å². The van der Waals surface area contributed by atoms with Crippen LogP contribution in [0.3, 0.4) is 0 Å². The van der Waals surface area contributed by atoms with Crippen LogP contribution in [0.5, 0.6) is 0 Å². The van der Waals surface area contributed by atoms with Crippen LogP contribution in [0.4, 0.5) is 20.5 Å². The molecule has 0 amide bonds. The van der Waals surface area contributed by atoms with Crippen molar-refractivity contribution in [2.75, 3.05) is 44.0 Å². The third-order valence-electron chi connectivity index (χ3n) is 4.76. The first-order valence-electron chi connectivity index (χ1n) is 8.69. The third kappa shape index (κ3) is 4.07. The van der Waals surface area contributed by atoms with E-state index in [1.165, 1.54) is 0 Å². The number of likely N-dealkylation sites (N-methyl/N-ethyl adjacent to an activating group) is 1. The molecule has 2 aromatic heterocycles. The molecule has 0 aliphatic carbocycles. The first-order chi connectivity index (χ1) is 12.5. The van der Waals surface area contributed by atoms with Crippen LogP contribution in [0, 0.1) is 11.6 Å². The van der Waals surface area contributed by atoms with Crippen molar-refractivity contribution in [2.24, 2.45) is 0 Å². The molecule has 1 fully saturated rings. The van der Waals surface area contributed by atoms with Gasteiger partial charge in [-0.3, -0.25) is 9.88 Å². The first-order valence-corrected chi connectivity index (χ1v) is 8.69. The Morgan fingerprint density at radius 1 is 1.19 bits per heavy atom. The van der Waals surface area contributed by atoms with Gasteiger partial charge in [-0.1, -0.05) is 0 Å². The smallest absolute Gasteiger partial charge is 0.227 e. The van der Waals surface area contributed by atoms with Crippen molar-refractivity contribution in [3.8, 4) is 0 Å². The lowest BCUT2D eigenvalue weighted by atomic mass is 10.0. The van der Waals surface area contributed by atoms with Gasteiger partial charge in [0, 0.05) is 52.0 Å². The number of likely N-dealkylation sites (tertiary alicyclic amines) is 1. The second-order valence-corrected chi connectivity index (χ2v) is 6.83. The van der Waals surface area contributed by atoms with Gasteiger partial charge in [-0.15, -0.1) is 0 Å². The van der Waals surface area contributed by atoms with E-state index in [4.69, 9.17) is 0 Å². The van der Waals surface area contributed by atoms with E-state index < -0.39 is 11.6 Å². The second-order valence-electron chi connectivity index (χ2n) is 6.83. The number of nitrogens with zero attached hydrogens (tertiary/aromatic N) is 6. The minimum atomic E-state index is -0.595. The molecule has 3 rings (SSSR count). The van der Waals surface area contributed by atoms with Crippen LogP contribution in [0.15, 0.2) is 24.7 Å². The minimum Gasteiger partial charge on any atom is -0.363 e. The van der Waals surface area contributed by atoms with Crippen molar-refractivity contribution in [3.05, 3.63) is 41.9 Å². The number of aromatic nitrogens is 3. The van der Waals surface area contributed by atoms with E-state index in [-0.39, 0.29) is 18.2 Å². The Hall–Kier alpha value is -2.35. The Morgan fingerprint density at radius 3 is 2.62 bits per heavy atom. The minimum absolute atomic E-state index is 0.0779. The van der Waals surface area contributed by atoms with Crippen molar-refractivity contribution in [1.82, 2.24) is 19.9 Å². The summed E-state index contributed by atoms with van der Waals surface area (Å²) >= 11 is 0. The summed E-state index contributed by atoms with van der Waals surface area (Å²) < 4.78 is 27.8. The van der Waals surface area contributed by atoms with Crippen molar-refractivity contribution < 1.29 is 8.78 Å². The highest BCUT2D eigenvalue weighted by atomic mass is 19.1. The number of anilines is 2. The van der Waals surface area contributed by atoms with Gasteiger partial charge in [0.15, 0.2) is 0 Å². The lowest BCUT2D eigenvalue weighted by Gasteiger charge is -2.37. The monoisotopic (exact) mass is 362 g/mol. The van der Waals surface area contributed by atoms with E-state index in [9.17, 15) is 8.78 Å². The Morgan fingerprint density at radius 2 is 1.92 bits per heavy atom. The van der Waals surface area contributed by atoms with Gasteiger partial charge in [0.1, 0.15) is 17.5 Å². The molecule has 0 N–H and O–H groups in total. The number of halogens is 2. The molecule has 1 atom stereocenters. The number of piperidine rings is 1. The fourth-order valence-electron chi connectivity index (χ4n) is 3.23. The molecule has 2 aromatic rings. The number of hydrogen-bond acceptors (Lipinski definition) is 6. The van der Waals surface area contributed by atoms with E-state index in [1.807, 2.05) is 32.1 Å². The molecule has 26 heavy (non-hydrogen) atoms. The summed E-state index contributed by atoms with van der Waals surface area (Å²) in [6, 6.07) is 2.05. The maximum atomic E-state index is 13.9. The predicted octanol–water partition coefficient (Wildman–Crippen LogP) is 2.32. The highest BCUT2D eigenvalue weighted by Crippen LogP contribution is 2.22. The average molecular weight is 362 g/mol. The molecule has 0 spiro atoms. The van der Waals surface area contributed by atoms with Gasteiger partial charge in [-0.25, -0.2) is 13.8 Å². The SMILES string of the molecule is CN(C)c1ccnc(N(C)C2CCCN(Cc3c(F)cncc3F)C2)n1. The molecule has 0 bridgehead atoms. The molecule has 1 unspecified atom stereocenters. The lowest BCUT2D eigenvalue weighted by Crippen LogP contribution is -2.47. The maximum absolute atomic E-state index is 13.9. The molecule has 1 aliphatic heterocycles. The molecule has 0 aromatic carbocycles. The van der Waals surface area contributed by atoms with E-state index in [0.717, 1.165) is 37.6 Å². The van der Waals surface area contributed by atoms with Crippen LogP contribution in [0.1, 0.15) is 18.4 Å². The molecule has 8 heteroatoms. The predicted molar refractivity (Wildman–Crippen MR) is 97.2 cm³/mol. The summed E-state index contributed by atoms with van der Waals surface area (Å²) in [6.07, 6.45) is 5.82. The fourth-order valence-corrected chi connectivity index (χ4v) is 3.23. The quantitative estimate of drug-likeness (QED) is 0.814. The maximum Gasteiger partial charge on any atom is 0.227 e. The highest BCUT2D eigenvalue weighted by molar-refractivity contribution is 5.42. The van der Waals surface area contributed by atoms with Gasteiger partial charge in [-0.05, 0) is 25.5 Å². The van der Waals surface area contributed by atoms with Crippen molar-refractivity contribution in [1.29, 1.82) is 0 Å². The summed E-state index contributed by atoms with van der Waals surface area (Å²) in [4.78, 5) is 18.6. The van der Waals surface area contributed by atoms with Gasteiger partial charge in [0.25, 0.3) is 0 Å². The topological polar surface area (TPSA) is 48.4 Å². The van der Waals surface area contributed by atoms with Crippen LogP contribution >= 0.6 is 0 Å². The van der Waals surface area contributed by atoms with Crippen molar-refractivity contribution in [2.45, 2.75) is 25.4 Å². The number of pyridine rings is 1. The van der Waals surface area contributed by atoms with Gasteiger partial charge < -0.3 is 9.80 Å². The van der Waals surface area contributed by atoms with Gasteiger partial charge in [0.2, 0.25) is 5.95 Å². The largest absolute Gasteiger partial charge is 0.363 e. The number of rotatable bonds is 5. The Bertz CT molecular complexity index is 734. The van der Waals surface area contributed by atoms with E-state index in [2.05, 4.69) is 24.8 Å². The molecule has 3 heterocycles. The highest BCUT2D eigenvalue weighted by Gasteiger charge is 2.26. The van der Waals surface area contributed by atoms with Crippen LogP contribution < -0.4 is 9.80 Å². The molecule has 1 saturated heterocycles. The fraction of sp³-hybridized carbons (Fsp3) is 0.500. The Labute approximate surface area is 152 Å². The molecular formula is C18H24F2N6. The molecule has 1 aliphatic rings. The molecule has 6 nitrogen and oxygen atoms in total. The second kappa shape index (κ2) is 7.90. The molecule has 140 valence electrons. The van der Waals surface area contributed by atoms with E-state index >= 15 is 0 Å².